The number of esters is 2. The van der Waals surface area contributed by atoms with Gasteiger partial charge in [-0.2, -0.15) is 0 Å². The summed E-state index contributed by atoms with van der Waals surface area (Å²) in [5.74, 6) is 0.0184. The Kier molecular flexibility index (Phi) is 34.0. The highest BCUT2D eigenvalue weighted by Gasteiger charge is 2.15. The van der Waals surface area contributed by atoms with Crippen molar-refractivity contribution in [2.75, 3.05) is 26.2 Å². The number of carbonyl (C=O) groups is 3. The van der Waals surface area contributed by atoms with Gasteiger partial charge >= 0.3 is 11.9 Å². The van der Waals surface area contributed by atoms with E-state index in [1.54, 1.807) is 6.92 Å². The highest BCUT2D eigenvalue weighted by atomic mass is 16.5. The first kappa shape index (κ1) is 46.4. The summed E-state index contributed by atoms with van der Waals surface area (Å²) in [6.45, 7) is 14.3. The molecule has 0 aromatic heterocycles. The largest absolute Gasteiger partial charge is 0.462 e. The fourth-order valence-corrected chi connectivity index (χ4v) is 6.36. The summed E-state index contributed by atoms with van der Waals surface area (Å²) in [6, 6.07) is 0. The molecule has 0 aromatic carbocycles. The van der Waals surface area contributed by atoms with Crippen molar-refractivity contribution in [3.05, 3.63) is 0 Å². The summed E-state index contributed by atoms with van der Waals surface area (Å²) in [5, 5.41) is 2.93. The van der Waals surface area contributed by atoms with E-state index in [0.29, 0.717) is 12.8 Å². The SMILES string of the molecule is CCCCCCC(CCC)OC(=O)CCCCCCCN(CCCCCCCC(=O)OC(CCCC)CCCCC)CCCNC(C)=O. The molecule has 0 radical (unpaired) electrons. The van der Waals surface area contributed by atoms with Crippen molar-refractivity contribution in [2.45, 2.75) is 220 Å². The molecule has 1 N–H and O–H groups in total. The highest BCUT2D eigenvalue weighted by Crippen LogP contribution is 2.17. The number of hydrogen-bond acceptors (Lipinski definition) is 6. The van der Waals surface area contributed by atoms with Gasteiger partial charge in [-0.25, -0.2) is 0 Å². The zero-order valence-corrected chi connectivity index (χ0v) is 32.6. The number of ether oxygens (including phenoxy) is 2. The summed E-state index contributed by atoms with van der Waals surface area (Å²) >= 11 is 0. The minimum atomic E-state index is -0.0110. The third kappa shape index (κ3) is 31.6. The predicted octanol–water partition coefficient (Wildman–Crippen LogP) is 10.9. The van der Waals surface area contributed by atoms with Crippen LogP contribution in [0.3, 0.4) is 0 Å². The average molecular weight is 681 g/mol. The minimum absolute atomic E-state index is 0.00772. The third-order valence-corrected chi connectivity index (χ3v) is 9.33. The summed E-state index contributed by atoms with van der Waals surface area (Å²) in [7, 11) is 0. The molecule has 0 aliphatic carbocycles. The molecule has 7 heteroatoms. The Bertz CT molecular complexity index is 746. The molecule has 0 aromatic rings. The van der Waals surface area contributed by atoms with Gasteiger partial charge in [0.05, 0.1) is 0 Å². The summed E-state index contributed by atoms with van der Waals surface area (Å²) < 4.78 is 11.7. The monoisotopic (exact) mass is 681 g/mol. The molecule has 1 amide bonds. The predicted molar refractivity (Wildman–Crippen MR) is 202 cm³/mol. The molecule has 0 spiro atoms. The van der Waals surface area contributed by atoms with E-state index in [1.165, 1.54) is 57.8 Å². The summed E-state index contributed by atoms with van der Waals surface area (Å²) in [6.07, 6.45) is 29.1. The summed E-state index contributed by atoms with van der Waals surface area (Å²) in [4.78, 5) is 38.7. The number of amides is 1. The van der Waals surface area contributed by atoms with Gasteiger partial charge in [0.2, 0.25) is 5.91 Å². The molecule has 0 saturated heterocycles. The van der Waals surface area contributed by atoms with Crippen molar-refractivity contribution in [3.8, 4) is 0 Å². The maximum atomic E-state index is 12.4. The van der Waals surface area contributed by atoms with Crippen LogP contribution in [0.2, 0.25) is 0 Å². The molecular weight excluding hydrogens is 600 g/mol. The molecule has 7 nitrogen and oxygen atoms in total. The van der Waals surface area contributed by atoms with Crippen molar-refractivity contribution >= 4 is 17.8 Å². The van der Waals surface area contributed by atoms with Crippen molar-refractivity contribution in [3.63, 3.8) is 0 Å². The number of carbonyl (C=O) groups excluding carboxylic acids is 3. The van der Waals surface area contributed by atoms with E-state index >= 15 is 0 Å². The fraction of sp³-hybridized carbons (Fsp3) is 0.927. The van der Waals surface area contributed by atoms with Crippen LogP contribution in [0.25, 0.3) is 0 Å². The van der Waals surface area contributed by atoms with Crippen LogP contribution < -0.4 is 5.32 Å². The van der Waals surface area contributed by atoms with Gasteiger partial charge in [-0.05, 0) is 90.3 Å². The number of nitrogens with zero attached hydrogens (tertiary/aromatic N) is 1. The van der Waals surface area contributed by atoms with E-state index in [0.717, 1.165) is 129 Å². The molecule has 0 saturated carbocycles. The molecule has 2 atom stereocenters. The number of nitrogens with one attached hydrogen (secondary N) is 1. The number of unbranched alkanes of at least 4 members (excludes halogenated alkanes) is 14. The van der Waals surface area contributed by atoms with Gasteiger partial charge in [0, 0.05) is 26.3 Å². The quantitative estimate of drug-likeness (QED) is 0.0524. The highest BCUT2D eigenvalue weighted by molar-refractivity contribution is 5.72. The van der Waals surface area contributed by atoms with Gasteiger partial charge in [0.15, 0.2) is 0 Å². The van der Waals surface area contributed by atoms with Crippen LogP contribution >= 0.6 is 0 Å². The molecule has 0 aliphatic rings. The van der Waals surface area contributed by atoms with Gasteiger partial charge in [-0.3, -0.25) is 14.4 Å². The Morgan fingerprint density at radius 3 is 1.42 bits per heavy atom. The normalized spacial score (nSPS) is 12.6. The first-order valence-corrected chi connectivity index (χ1v) is 20.7. The van der Waals surface area contributed by atoms with Gasteiger partial charge in [-0.15, -0.1) is 0 Å². The lowest BCUT2D eigenvalue weighted by Gasteiger charge is -2.22. The van der Waals surface area contributed by atoms with Gasteiger partial charge in [0.1, 0.15) is 12.2 Å². The second kappa shape index (κ2) is 35.2. The number of hydrogen-bond donors (Lipinski definition) is 1. The Balaban J connectivity index is 4.24. The lowest BCUT2D eigenvalue weighted by molar-refractivity contribution is -0.151. The van der Waals surface area contributed by atoms with Crippen LogP contribution in [-0.2, 0) is 23.9 Å². The third-order valence-electron chi connectivity index (χ3n) is 9.33. The summed E-state index contributed by atoms with van der Waals surface area (Å²) in [5.41, 5.74) is 0. The topological polar surface area (TPSA) is 84.9 Å². The Morgan fingerprint density at radius 2 is 0.896 bits per heavy atom. The molecule has 0 heterocycles. The van der Waals surface area contributed by atoms with E-state index in [4.69, 9.17) is 9.47 Å². The van der Waals surface area contributed by atoms with Crippen LogP contribution in [0.1, 0.15) is 208 Å². The first-order valence-electron chi connectivity index (χ1n) is 20.7. The van der Waals surface area contributed by atoms with Crippen LogP contribution in [0.4, 0.5) is 0 Å². The number of rotatable bonds is 36. The first-order chi connectivity index (χ1) is 23.4. The molecule has 284 valence electrons. The van der Waals surface area contributed by atoms with Crippen molar-refractivity contribution in [2.24, 2.45) is 0 Å². The zero-order valence-electron chi connectivity index (χ0n) is 32.6. The molecule has 0 rings (SSSR count). The smallest absolute Gasteiger partial charge is 0.306 e. The lowest BCUT2D eigenvalue weighted by atomic mass is 10.1. The molecule has 0 bridgehead atoms. The zero-order chi connectivity index (χ0) is 35.5. The second-order valence-electron chi connectivity index (χ2n) is 14.2. The van der Waals surface area contributed by atoms with Gasteiger partial charge in [0.25, 0.3) is 0 Å². The second-order valence-corrected chi connectivity index (χ2v) is 14.2. The van der Waals surface area contributed by atoms with E-state index < -0.39 is 0 Å². The van der Waals surface area contributed by atoms with E-state index in [-0.39, 0.29) is 30.1 Å². The van der Waals surface area contributed by atoms with E-state index in [1.807, 2.05) is 0 Å². The molecule has 2 unspecified atom stereocenters. The van der Waals surface area contributed by atoms with Gasteiger partial charge < -0.3 is 19.7 Å². The molecule has 48 heavy (non-hydrogen) atoms. The molecule has 0 fully saturated rings. The average Bonchev–Trinajstić information content (AvgIpc) is 3.06. The van der Waals surface area contributed by atoms with Crippen molar-refractivity contribution in [1.82, 2.24) is 10.2 Å². The molecule has 0 aliphatic heterocycles. The standard InChI is InChI=1S/C41H80N2O5/c1-6-10-13-21-30-38(27-9-4)47-40(45)31-22-16-14-18-24-34-43(36-26-33-42-37(5)44)35-25-19-15-17-23-32-41(46)48-39(28-12-8-3)29-20-11-7-2/h38-39H,6-36H2,1-5H3,(H,42,44). The van der Waals surface area contributed by atoms with Crippen LogP contribution in [0, 0.1) is 0 Å². The van der Waals surface area contributed by atoms with Crippen LogP contribution in [0.5, 0.6) is 0 Å². The maximum absolute atomic E-state index is 12.4. The van der Waals surface area contributed by atoms with E-state index in [2.05, 4.69) is 37.9 Å². The maximum Gasteiger partial charge on any atom is 0.306 e. The van der Waals surface area contributed by atoms with Crippen LogP contribution in [-0.4, -0.2) is 61.1 Å². The molecular formula is C41H80N2O5. The Hall–Kier alpha value is -1.63. The lowest BCUT2D eigenvalue weighted by Crippen LogP contribution is -2.30. The Morgan fingerprint density at radius 1 is 0.479 bits per heavy atom. The fourth-order valence-electron chi connectivity index (χ4n) is 6.36. The van der Waals surface area contributed by atoms with Gasteiger partial charge in [-0.1, -0.05) is 118 Å². The van der Waals surface area contributed by atoms with Crippen LogP contribution in [0.15, 0.2) is 0 Å². The Labute approximate surface area is 297 Å². The van der Waals surface area contributed by atoms with E-state index in [9.17, 15) is 14.4 Å². The van der Waals surface area contributed by atoms with Crippen molar-refractivity contribution in [1.29, 1.82) is 0 Å². The minimum Gasteiger partial charge on any atom is -0.462 e. The van der Waals surface area contributed by atoms with Crippen molar-refractivity contribution < 1.29 is 23.9 Å².